The molecule has 1 aromatic heterocycles. The lowest BCUT2D eigenvalue weighted by Crippen LogP contribution is -2.21. The van der Waals surface area contributed by atoms with Crippen molar-refractivity contribution < 1.29 is 19.1 Å². The highest BCUT2D eigenvalue weighted by atomic mass is 35.5. The van der Waals surface area contributed by atoms with Crippen LogP contribution in [0.15, 0.2) is 48.5 Å². The summed E-state index contributed by atoms with van der Waals surface area (Å²) < 4.78 is 11.9. The number of carbonyl (C=O) groups is 2. The number of hydrogen-bond acceptors (Lipinski definition) is 5. The van der Waals surface area contributed by atoms with Crippen molar-refractivity contribution in [3.8, 4) is 11.4 Å². The maximum absolute atomic E-state index is 12.5. The van der Waals surface area contributed by atoms with Gasteiger partial charge in [0.15, 0.2) is 6.61 Å². The molecule has 0 saturated carbocycles. The Morgan fingerprint density at radius 3 is 2.52 bits per heavy atom. The van der Waals surface area contributed by atoms with Crippen molar-refractivity contribution in [2.75, 3.05) is 19.0 Å². The number of aromatic nitrogens is 2. The number of rotatable bonds is 6. The Balaban J connectivity index is 1.66. The van der Waals surface area contributed by atoms with Gasteiger partial charge in [-0.15, -0.1) is 0 Å². The van der Waals surface area contributed by atoms with Crippen LogP contribution in [0.3, 0.4) is 0 Å². The molecule has 2 aromatic carbocycles. The third-order valence-electron chi connectivity index (χ3n) is 4.27. The van der Waals surface area contributed by atoms with Gasteiger partial charge in [0.2, 0.25) is 0 Å². The summed E-state index contributed by atoms with van der Waals surface area (Å²) >= 11 is 6.04. The van der Waals surface area contributed by atoms with Gasteiger partial charge in [0.05, 0.1) is 29.2 Å². The molecule has 0 aliphatic carbocycles. The van der Waals surface area contributed by atoms with Crippen LogP contribution in [0.1, 0.15) is 21.7 Å². The zero-order chi connectivity index (χ0) is 21.0. The van der Waals surface area contributed by atoms with Crippen molar-refractivity contribution in [2.24, 2.45) is 0 Å². The number of esters is 1. The molecule has 0 aliphatic heterocycles. The first-order chi connectivity index (χ1) is 13.9. The van der Waals surface area contributed by atoms with Crippen LogP contribution in [-0.2, 0) is 9.53 Å². The van der Waals surface area contributed by atoms with Crippen molar-refractivity contribution in [2.45, 2.75) is 13.8 Å². The Labute approximate surface area is 173 Å². The predicted octanol–water partition coefficient (Wildman–Crippen LogP) is 3.95. The summed E-state index contributed by atoms with van der Waals surface area (Å²) in [5.41, 5.74) is 2.82. The highest BCUT2D eigenvalue weighted by Gasteiger charge is 2.21. The number of hydrogen-bond donors (Lipinski definition) is 1. The molecular formula is C21H20ClN3O4. The molecule has 0 unspecified atom stereocenters. The summed E-state index contributed by atoms with van der Waals surface area (Å²) in [6, 6.07) is 14.3. The zero-order valence-corrected chi connectivity index (χ0v) is 17.0. The molecule has 8 heteroatoms. The Morgan fingerprint density at radius 1 is 1.14 bits per heavy atom. The number of nitrogens with zero attached hydrogens (tertiary/aromatic N) is 2. The standard InChI is InChI=1S/C21H20ClN3O4/c1-13-20(14(2)25(24-13)16-7-5-4-6-8-16)21(27)29-12-19(26)23-15-9-10-18(28-3)17(22)11-15/h4-11H,12H2,1-3H3,(H,23,26). The minimum atomic E-state index is -0.606. The van der Waals surface area contributed by atoms with Crippen molar-refractivity contribution in [3.63, 3.8) is 0 Å². The van der Waals surface area contributed by atoms with E-state index in [1.807, 2.05) is 30.3 Å². The largest absolute Gasteiger partial charge is 0.495 e. The summed E-state index contributed by atoms with van der Waals surface area (Å²) in [6.45, 7) is 3.07. The van der Waals surface area contributed by atoms with Crippen LogP contribution < -0.4 is 10.1 Å². The number of halogens is 1. The van der Waals surface area contributed by atoms with E-state index in [0.29, 0.717) is 33.4 Å². The molecule has 0 atom stereocenters. The van der Waals surface area contributed by atoms with Crippen molar-refractivity contribution in [1.29, 1.82) is 0 Å². The highest BCUT2D eigenvalue weighted by Crippen LogP contribution is 2.27. The number of para-hydroxylation sites is 1. The minimum absolute atomic E-state index is 0.342. The average molecular weight is 414 g/mol. The van der Waals surface area contributed by atoms with Gasteiger partial charge >= 0.3 is 5.97 Å². The number of nitrogens with one attached hydrogen (secondary N) is 1. The lowest BCUT2D eigenvalue weighted by atomic mass is 10.2. The summed E-state index contributed by atoms with van der Waals surface area (Å²) in [4.78, 5) is 24.7. The van der Waals surface area contributed by atoms with Crippen LogP contribution in [0.5, 0.6) is 5.75 Å². The fourth-order valence-electron chi connectivity index (χ4n) is 2.90. The van der Waals surface area contributed by atoms with E-state index >= 15 is 0 Å². The first-order valence-corrected chi connectivity index (χ1v) is 9.20. The predicted molar refractivity (Wildman–Crippen MR) is 110 cm³/mol. The Hall–Kier alpha value is -3.32. The first kappa shape index (κ1) is 20.4. The van der Waals surface area contributed by atoms with E-state index in [9.17, 15) is 9.59 Å². The third kappa shape index (κ3) is 4.57. The molecule has 29 heavy (non-hydrogen) atoms. The monoisotopic (exact) mass is 413 g/mol. The van der Waals surface area contributed by atoms with E-state index in [4.69, 9.17) is 21.1 Å². The fraction of sp³-hybridized carbons (Fsp3) is 0.190. The van der Waals surface area contributed by atoms with E-state index in [0.717, 1.165) is 5.69 Å². The number of carbonyl (C=O) groups excluding carboxylic acids is 2. The second-order valence-corrected chi connectivity index (χ2v) is 6.67. The molecular weight excluding hydrogens is 394 g/mol. The molecule has 3 rings (SSSR count). The summed E-state index contributed by atoms with van der Waals surface area (Å²) in [5, 5.41) is 7.40. The van der Waals surface area contributed by atoms with Gasteiger partial charge in [-0.05, 0) is 44.2 Å². The third-order valence-corrected chi connectivity index (χ3v) is 4.56. The zero-order valence-electron chi connectivity index (χ0n) is 16.2. The fourth-order valence-corrected chi connectivity index (χ4v) is 3.16. The van der Waals surface area contributed by atoms with E-state index in [1.165, 1.54) is 7.11 Å². The smallest absolute Gasteiger partial charge is 0.342 e. The second-order valence-electron chi connectivity index (χ2n) is 6.27. The van der Waals surface area contributed by atoms with Gasteiger partial charge < -0.3 is 14.8 Å². The summed E-state index contributed by atoms with van der Waals surface area (Å²) in [6.07, 6.45) is 0. The molecule has 0 radical (unpaired) electrons. The maximum atomic E-state index is 12.5. The highest BCUT2D eigenvalue weighted by molar-refractivity contribution is 6.32. The maximum Gasteiger partial charge on any atom is 0.342 e. The van der Waals surface area contributed by atoms with E-state index in [1.54, 1.807) is 36.7 Å². The number of anilines is 1. The molecule has 1 N–H and O–H groups in total. The molecule has 0 saturated heterocycles. The Morgan fingerprint density at radius 2 is 1.86 bits per heavy atom. The summed E-state index contributed by atoms with van der Waals surface area (Å²) in [5.74, 6) is -0.590. The lowest BCUT2D eigenvalue weighted by Gasteiger charge is -2.09. The van der Waals surface area contributed by atoms with Crippen molar-refractivity contribution in [1.82, 2.24) is 9.78 Å². The van der Waals surface area contributed by atoms with E-state index in [2.05, 4.69) is 10.4 Å². The Bertz CT molecular complexity index is 1050. The van der Waals surface area contributed by atoms with Crippen LogP contribution in [0.4, 0.5) is 5.69 Å². The lowest BCUT2D eigenvalue weighted by molar-refractivity contribution is -0.119. The van der Waals surface area contributed by atoms with Gasteiger partial charge in [-0.2, -0.15) is 5.10 Å². The van der Waals surface area contributed by atoms with E-state index < -0.39 is 18.5 Å². The van der Waals surface area contributed by atoms with Crippen LogP contribution in [0.2, 0.25) is 5.02 Å². The summed E-state index contributed by atoms with van der Waals surface area (Å²) in [7, 11) is 1.50. The number of amides is 1. The molecule has 0 bridgehead atoms. The van der Waals surface area contributed by atoms with Crippen LogP contribution in [0.25, 0.3) is 5.69 Å². The quantitative estimate of drug-likeness (QED) is 0.619. The van der Waals surface area contributed by atoms with Crippen LogP contribution in [0, 0.1) is 13.8 Å². The Kier molecular flexibility index (Phi) is 6.19. The van der Waals surface area contributed by atoms with Gasteiger partial charge in [0, 0.05) is 5.69 Å². The van der Waals surface area contributed by atoms with Gasteiger partial charge in [0.1, 0.15) is 11.3 Å². The van der Waals surface area contributed by atoms with Gasteiger partial charge in [-0.3, -0.25) is 4.79 Å². The van der Waals surface area contributed by atoms with Crippen LogP contribution in [-0.4, -0.2) is 35.4 Å². The topological polar surface area (TPSA) is 82.4 Å². The molecule has 0 fully saturated rings. The number of methoxy groups -OCH3 is 1. The van der Waals surface area contributed by atoms with Gasteiger partial charge in [-0.25, -0.2) is 9.48 Å². The second kappa shape index (κ2) is 8.79. The SMILES string of the molecule is COc1ccc(NC(=O)COC(=O)c2c(C)nn(-c3ccccc3)c2C)cc1Cl. The van der Waals surface area contributed by atoms with Gasteiger partial charge in [0.25, 0.3) is 5.91 Å². The van der Waals surface area contributed by atoms with Crippen molar-refractivity contribution >= 4 is 29.2 Å². The normalized spacial score (nSPS) is 10.5. The van der Waals surface area contributed by atoms with E-state index in [-0.39, 0.29) is 0 Å². The van der Waals surface area contributed by atoms with Gasteiger partial charge in [-0.1, -0.05) is 29.8 Å². The van der Waals surface area contributed by atoms with Crippen LogP contribution >= 0.6 is 11.6 Å². The molecule has 150 valence electrons. The molecule has 1 heterocycles. The molecule has 7 nitrogen and oxygen atoms in total. The van der Waals surface area contributed by atoms with Crippen molar-refractivity contribution in [3.05, 3.63) is 70.5 Å². The number of benzene rings is 2. The number of ether oxygens (including phenoxy) is 2. The first-order valence-electron chi connectivity index (χ1n) is 8.83. The minimum Gasteiger partial charge on any atom is -0.495 e. The molecule has 1 amide bonds. The molecule has 3 aromatic rings. The molecule has 0 aliphatic rings. The molecule has 0 spiro atoms. The average Bonchev–Trinajstić information content (AvgIpc) is 3.01. The number of aryl methyl sites for hydroxylation is 1.